The number of amides is 2. The number of rotatable bonds is 6. The second-order valence-corrected chi connectivity index (χ2v) is 10.4. The number of benzene rings is 2. The van der Waals surface area contributed by atoms with Crippen LogP contribution in [0.2, 0.25) is 0 Å². The van der Waals surface area contributed by atoms with Crippen LogP contribution in [0.25, 0.3) is 0 Å². The number of nitrogens with one attached hydrogen (secondary N) is 1. The van der Waals surface area contributed by atoms with E-state index in [0.29, 0.717) is 13.0 Å². The Morgan fingerprint density at radius 1 is 0.943 bits per heavy atom. The van der Waals surface area contributed by atoms with Crippen LogP contribution < -0.4 is 15.8 Å². The molecule has 1 aliphatic heterocycles. The number of nitrogens with two attached hydrogens (primary N) is 1. The molecule has 1 saturated heterocycles. The summed E-state index contributed by atoms with van der Waals surface area (Å²) in [6, 6.07) is 16.8. The van der Waals surface area contributed by atoms with Crippen molar-refractivity contribution in [3.8, 4) is 5.75 Å². The van der Waals surface area contributed by atoms with E-state index in [4.69, 9.17) is 10.5 Å². The van der Waals surface area contributed by atoms with Crippen LogP contribution in [0, 0.1) is 5.92 Å². The molecule has 3 N–H and O–H groups in total. The summed E-state index contributed by atoms with van der Waals surface area (Å²) < 4.78 is 6.19. The van der Waals surface area contributed by atoms with E-state index in [1.807, 2.05) is 36.4 Å². The molecule has 2 amide bonds. The summed E-state index contributed by atoms with van der Waals surface area (Å²) >= 11 is 0. The second kappa shape index (κ2) is 10.8. The van der Waals surface area contributed by atoms with Crippen molar-refractivity contribution < 1.29 is 14.3 Å². The minimum Gasteiger partial charge on any atom is -0.488 e. The zero-order chi connectivity index (χ0) is 24.2. The molecule has 0 aromatic heterocycles. The van der Waals surface area contributed by atoms with Gasteiger partial charge >= 0.3 is 0 Å². The summed E-state index contributed by atoms with van der Waals surface area (Å²) in [6.45, 7) is 0.382. The molecule has 0 radical (unpaired) electrons. The van der Waals surface area contributed by atoms with Gasteiger partial charge in [-0.3, -0.25) is 9.59 Å². The van der Waals surface area contributed by atoms with E-state index in [2.05, 4.69) is 23.5 Å². The Balaban J connectivity index is 1.33. The van der Waals surface area contributed by atoms with Crippen molar-refractivity contribution in [2.24, 2.45) is 11.7 Å². The van der Waals surface area contributed by atoms with Gasteiger partial charge in [0, 0.05) is 6.42 Å². The van der Waals surface area contributed by atoms with E-state index in [1.54, 1.807) is 4.90 Å². The largest absolute Gasteiger partial charge is 0.488 e. The van der Waals surface area contributed by atoms with Crippen LogP contribution in [0.3, 0.4) is 0 Å². The number of carbonyl (C=O) groups is 2. The molecule has 4 atom stereocenters. The maximum atomic E-state index is 13.6. The number of ether oxygens (including phenoxy) is 1. The van der Waals surface area contributed by atoms with E-state index in [0.717, 1.165) is 50.7 Å². The first-order chi connectivity index (χ1) is 17.1. The predicted octanol–water partition coefficient (Wildman–Crippen LogP) is 4.14. The predicted molar refractivity (Wildman–Crippen MR) is 136 cm³/mol. The SMILES string of the molecule is N[C@H](C(=O)N1C[C@@H](Oc2ccccc2)C[C@H]1C(=O)N[C@@H]1CCCc2ccccc21)C1CCCCC1. The van der Waals surface area contributed by atoms with Gasteiger partial charge in [0.15, 0.2) is 0 Å². The molecule has 6 heteroatoms. The molecule has 5 rings (SSSR count). The first-order valence-corrected chi connectivity index (χ1v) is 13.3. The molecule has 2 aromatic rings. The summed E-state index contributed by atoms with van der Waals surface area (Å²) in [5.41, 5.74) is 9.01. The Kier molecular flexibility index (Phi) is 7.37. The van der Waals surface area contributed by atoms with Gasteiger partial charge in [0.1, 0.15) is 17.9 Å². The fourth-order valence-electron chi connectivity index (χ4n) is 6.12. The number of fused-ring (bicyclic) bond motifs is 1. The Hall–Kier alpha value is -2.86. The van der Waals surface area contributed by atoms with E-state index in [-0.39, 0.29) is 29.9 Å². The molecule has 3 aliphatic rings. The highest BCUT2D eigenvalue weighted by Gasteiger charge is 2.44. The maximum Gasteiger partial charge on any atom is 0.243 e. The van der Waals surface area contributed by atoms with Gasteiger partial charge in [0.2, 0.25) is 11.8 Å². The zero-order valence-corrected chi connectivity index (χ0v) is 20.4. The summed E-state index contributed by atoms with van der Waals surface area (Å²) in [7, 11) is 0. The second-order valence-electron chi connectivity index (χ2n) is 10.4. The van der Waals surface area contributed by atoms with Gasteiger partial charge in [-0.05, 0) is 61.3 Å². The molecule has 0 unspecified atom stereocenters. The van der Waals surface area contributed by atoms with Gasteiger partial charge in [-0.25, -0.2) is 0 Å². The summed E-state index contributed by atoms with van der Waals surface area (Å²) in [6.07, 6.45) is 8.65. The highest BCUT2D eigenvalue weighted by Crippen LogP contribution is 2.32. The van der Waals surface area contributed by atoms with E-state index in [1.165, 1.54) is 17.5 Å². The van der Waals surface area contributed by atoms with Crippen LogP contribution in [-0.4, -0.2) is 41.4 Å². The van der Waals surface area contributed by atoms with Crippen molar-refractivity contribution in [1.29, 1.82) is 0 Å². The number of carbonyl (C=O) groups excluding carboxylic acids is 2. The number of hydrogen-bond acceptors (Lipinski definition) is 4. The molecule has 1 heterocycles. The fraction of sp³-hybridized carbons (Fsp3) is 0.517. The molecule has 1 saturated carbocycles. The third-order valence-electron chi connectivity index (χ3n) is 8.02. The molecular weight excluding hydrogens is 438 g/mol. The minimum absolute atomic E-state index is 0.0227. The van der Waals surface area contributed by atoms with E-state index in [9.17, 15) is 9.59 Å². The number of likely N-dealkylation sites (tertiary alicyclic amines) is 1. The third-order valence-corrected chi connectivity index (χ3v) is 8.02. The van der Waals surface area contributed by atoms with Crippen LogP contribution in [0.5, 0.6) is 5.75 Å². The molecule has 0 spiro atoms. The lowest BCUT2D eigenvalue weighted by Crippen LogP contribution is -2.54. The Bertz CT molecular complexity index is 1020. The Labute approximate surface area is 208 Å². The topological polar surface area (TPSA) is 84.7 Å². The standard InChI is InChI=1S/C29H37N3O3/c30-27(21-11-3-1-4-12-21)29(34)32-19-23(35-22-14-5-2-6-15-22)18-26(32)28(33)31-25-17-9-13-20-10-7-8-16-24(20)25/h2,5-8,10,14-16,21,23,25-27H,1,3-4,9,11-13,17-19,30H2,(H,31,33)/t23-,25+,26-,27-/m0/s1. The lowest BCUT2D eigenvalue weighted by Gasteiger charge is -2.33. The fourth-order valence-corrected chi connectivity index (χ4v) is 6.12. The highest BCUT2D eigenvalue weighted by molar-refractivity contribution is 5.91. The van der Waals surface area contributed by atoms with Crippen LogP contribution in [-0.2, 0) is 16.0 Å². The van der Waals surface area contributed by atoms with Gasteiger partial charge in [0.25, 0.3) is 0 Å². The average Bonchev–Trinajstić information content (AvgIpc) is 3.33. The highest BCUT2D eigenvalue weighted by atomic mass is 16.5. The van der Waals surface area contributed by atoms with Crippen molar-refractivity contribution >= 4 is 11.8 Å². The first kappa shape index (κ1) is 23.9. The molecule has 2 aliphatic carbocycles. The molecule has 2 fully saturated rings. The molecule has 6 nitrogen and oxygen atoms in total. The molecule has 186 valence electrons. The van der Waals surface area contributed by atoms with Crippen LogP contribution in [0.15, 0.2) is 54.6 Å². The smallest absolute Gasteiger partial charge is 0.243 e. The quantitative estimate of drug-likeness (QED) is 0.658. The molecule has 35 heavy (non-hydrogen) atoms. The third kappa shape index (κ3) is 5.37. The van der Waals surface area contributed by atoms with Gasteiger partial charge in [0.05, 0.1) is 18.6 Å². The number of hydrogen-bond donors (Lipinski definition) is 2. The van der Waals surface area contributed by atoms with E-state index >= 15 is 0 Å². The van der Waals surface area contributed by atoms with Gasteiger partial charge in [-0.1, -0.05) is 61.7 Å². The summed E-state index contributed by atoms with van der Waals surface area (Å²) in [5, 5.41) is 3.28. The Morgan fingerprint density at radius 2 is 1.69 bits per heavy atom. The van der Waals surface area contributed by atoms with E-state index < -0.39 is 12.1 Å². The summed E-state index contributed by atoms with van der Waals surface area (Å²) in [4.78, 5) is 29.0. The van der Waals surface area contributed by atoms with Crippen LogP contribution >= 0.6 is 0 Å². The summed E-state index contributed by atoms with van der Waals surface area (Å²) in [5.74, 6) is 0.735. The van der Waals surface area contributed by atoms with Gasteiger partial charge < -0.3 is 20.7 Å². The maximum absolute atomic E-state index is 13.6. The molecular formula is C29H37N3O3. The van der Waals surface area contributed by atoms with Gasteiger partial charge in [-0.2, -0.15) is 0 Å². The number of para-hydroxylation sites is 1. The number of nitrogens with zero attached hydrogens (tertiary/aromatic N) is 1. The van der Waals surface area contributed by atoms with Crippen molar-refractivity contribution in [2.45, 2.75) is 82.0 Å². The molecule has 2 aromatic carbocycles. The molecule has 0 bridgehead atoms. The Morgan fingerprint density at radius 3 is 2.49 bits per heavy atom. The first-order valence-electron chi connectivity index (χ1n) is 13.3. The zero-order valence-electron chi connectivity index (χ0n) is 20.4. The lowest BCUT2D eigenvalue weighted by molar-refractivity contribution is -0.141. The average molecular weight is 476 g/mol. The van der Waals surface area contributed by atoms with Crippen molar-refractivity contribution in [3.05, 3.63) is 65.7 Å². The minimum atomic E-state index is -0.569. The van der Waals surface area contributed by atoms with Crippen molar-refractivity contribution in [3.63, 3.8) is 0 Å². The number of aryl methyl sites for hydroxylation is 1. The van der Waals surface area contributed by atoms with Crippen LogP contribution in [0.1, 0.15) is 68.5 Å². The normalized spacial score (nSPS) is 25.5. The monoisotopic (exact) mass is 475 g/mol. The van der Waals surface area contributed by atoms with Gasteiger partial charge in [-0.15, -0.1) is 0 Å². The lowest BCUT2D eigenvalue weighted by atomic mass is 9.83. The van der Waals surface area contributed by atoms with Crippen molar-refractivity contribution in [2.75, 3.05) is 6.54 Å². The van der Waals surface area contributed by atoms with Crippen LogP contribution in [0.4, 0.5) is 0 Å². The van der Waals surface area contributed by atoms with Crippen molar-refractivity contribution in [1.82, 2.24) is 10.2 Å².